The second-order valence-corrected chi connectivity index (χ2v) is 7.32. The number of hydrogen-bond acceptors (Lipinski definition) is 3. The van der Waals surface area contributed by atoms with Crippen molar-refractivity contribution in [2.24, 2.45) is 0 Å². The molecule has 0 aromatic heterocycles. The Morgan fingerprint density at radius 1 is 1.44 bits per heavy atom. The topological polar surface area (TPSA) is 37.4 Å². The van der Waals surface area contributed by atoms with Crippen molar-refractivity contribution < 1.29 is 8.42 Å². The first kappa shape index (κ1) is 11.9. The van der Waals surface area contributed by atoms with Gasteiger partial charge in [-0.1, -0.05) is 15.9 Å². The van der Waals surface area contributed by atoms with Crippen molar-refractivity contribution in [1.82, 2.24) is 0 Å². The lowest BCUT2D eigenvalue weighted by molar-refractivity contribution is 0.600. The Morgan fingerprint density at radius 2 is 2.19 bits per heavy atom. The molecular weight excluding hydrogens is 290 g/mol. The van der Waals surface area contributed by atoms with Crippen molar-refractivity contribution in [3.8, 4) is 0 Å². The maximum atomic E-state index is 11.1. The highest BCUT2D eigenvalue weighted by Gasteiger charge is 2.19. The molecule has 0 spiro atoms. The van der Waals surface area contributed by atoms with Crippen LogP contribution in [0.2, 0.25) is 0 Å². The Balaban J connectivity index is 2.12. The third kappa shape index (κ3) is 2.77. The van der Waals surface area contributed by atoms with Gasteiger partial charge in [-0.2, -0.15) is 0 Å². The molecule has 0 radical (unpaired) electrons. The van der Waals surface area contributed by atoms with Gasteiger partial charge in [-0.25, -0.2) is 8.42 Å². The molecule has 1 aromatic rings. The summed E-state index contributed by atoms with van der Waals surface area (Å²) in [5.41, 5.74) is 2.47. The lowest BCUT2D eigenvalue weighted by Gasteiger charge is -2.18. The van der Waals surface area contributed by atoms with Gasteiger partial charge in [-0.05, 0) is 30.2 Å². The molecule has 1 aliphatic rings. The summed E-state index contributed by atoms with van der Waals surface area (Å²) < 4.78 is 23.3. The molecule has 2 rings (SSSR count). The van der Waals surface area contributed by atoms with Crippen LogP contribution in [0.1, 0.15) is 5.56 Å². The molecule has 0 bridgehead atoms. The molecule has 0 aliphatic carbocycles. The maximum Gasteiger partial charge on any atom is 0.149 e. The summed E-state index contributed by atoms with van der Waals surface area (Å²) in [5.74, 6) is 0.225. The molecule has 0 saturated carbocycles. The lowest BCUT2D eigenvalue weighted by atomic mass is 10.2. The first-order valence-electron chi connectivity index (χ1n) is 5.17. The second kappa shape index (κ2) is 4.37. The monoisotopic (exact) mass is 303 g/mol. The van der Waals surface area contributed by atoms with Crippen LogP contribution in [0.4, 0.5) is 5.69 Å². The number of hydrogen-bond donors (Lipinski definition) is 0. The fourth-order valence-electron chi connectivity index (χ4n) is 1.95. The fraction of sp³-hybridized carbons (Fsp3) is 0.455. The van der Waals surface area contributed by atoms with E-state index in [4.69, 9.17) is 0 Å². The summed E-state index contributed by atoms with van der Waals surface area (Å²) in [6.45, 7) is 1.51. The van der Waals surface area contributed by atoms with E-state index < -0.39 is 9.84 Å². The first-order valence-corrected chi connectivity index (χ1v) is 8.02. The molecule has 1 aromatic carbocycles. The standard InChI is InChI=1S/C11H14BrNO2S/c1-16(14,15)7-6-13-5-4-9-8-10(12)2-3-11(9)13/h2-3,8H,4-7H2,1H3. The smallest absolute Gasteiger partial charge is 0.149 e. The van der Waals surface area contributed by atoms with Crippen LogP contribution in [0.15, 0.2) is 22.7 Å². The zero-order valence-corrected chi connectivity index (χ0v) is 11.5. The minimum Gasteiger partial charge on any atom is -0.370 e. The fourth-order valence-corrected chi connectivity index (χ4v) is 2.91. The van der Waals surface area contributed by atoms with Gasteiger partial charge in [0.15, 0.2) is 0 Å². The van der Waals surface area contributed by atoms with Crippen LogP contribution in [-0.4, -0.2) is 33.5 Å². The average molecular weight is 304 g/mol. The van der Waals surface area contributed by atoms with Gasteiger partial charge in [0.25, 0.3) is 0 Å². The molecule has 0 unspecified atom stereocenters. The zero-order chi connectivity index (χ0) is 11.8. The number of halogens is 1. The molecule has 1 heterocycles. The minimum atomic E-state index is -2.87. The van der Waals surface area contributed by atoms with E-state index >= 15 is 0 Å². The van der Waals surface area contributed by atoms with Crippen molar-refractivity contribution in [2.45, 2.75) is 6.42 Å². The van der Waals surface area contributed by atoms with Gasteiger partial charge in [-0.3, -0.25) is 0 Å². The molecular formula is C11H14BrNO2S. The Hall–Kier alpha value is -0.550. The van der Waals surface area contributed by atoms with Gasteiger partial charge in [0.1, 0.15) is 9.84 Å². The molecule has 0 N–H and O–H groups in total. The van der Waals surface area contributed by atoms with E-state index in [1.807, 2.05) is 6.07 Å². The minimum absolute atomic E-state index is 0.225. The number of nitrogens with zero attached hydrogens (tertiary/aromatic N) is 1. The predicted octanol–water partition coefficient (Wildman–Crippen LogP) is 1.86. The average Bonchev–Trinajstić information content (AvgIpc) is 2.56. The Labute approximate surface area is 105 Å². The third-order valence-corrected chi connectivity index (χ3v) is 4.18. The van der Waals surface area contributed by atoms with Gasteiger partial charge in [0.2, 0.25) is 0 Å². The van der Waals surface area contributed by atoms with Gasteiger partial charge in [0, 0.05) is 29.5 Å². The maximum absolute atomic E-state index is 11.1. The molecule has 88 valence electrons. The summed E-state index contributed by atoms with van der Waals surface area (Å²) in [4.78, 5) is 2.14. The second-order valence-electron chi connectivity index (χ2n) is 4.14. The SMILES string of the molecule is CS(=O)(=O)CCN1CCc2cc(Br)ccc21. The quantitative estimate of drug-likeness (QED) is 0.855. The summed E-state index contributed by atoms with van der Waals surface area (Å²) in [7, 11) is -2.87. The van der Waals surface area contributed by atoms with E-state index in [0.717, 1.165) is 17.4 Å². The normalized spacial score (nSPS) is 15.2. The molecule has 0 fully saturated rings. The van der Waals surface area contributed by atoms with E-state index in [1.165, 1.54) is 17.5 Å². The van der Waals surface area contributed by atoms with Gasteiger partial charge in [0.05, 0.1) is 5.75 Å². The largest absolute Gasteiger partial charge is 0.370 e. The van der Waals surface area contributed by atoms with Crippen molar-refractivity contribution in [3.05, 3.63) is 28.2 Å². The molecule has 0 saturated heterocycles. The zero-order valence-electron chi connectivity index (χ0n) is 9.11. The van der Waals surface area contributed by atoms with Crippen LogP contribution in [0.3, 0.4) is 0 Å². The van der Waals surface area contributed by atoms with Crippen LogP contribution < -0.4 is 4.90 Å². The number of sulfone groups is 1. The van der Waals surface area contributed by atoms with E-state index in [9.17, 15) is 8.42 Å². The lowest BCUT2D eigenvalue weighted by Crippen LogP contribution is -2.27. The molecule has 5 heteroatoms. The summed E-state index contributed by atoms with van der Waals surface area (Å²) in [6, 6.07) is 6.15. The highest BCUT2D eigenvalue weighted by Crippen LogP contribution is 2.30. The number of benzene rings is 1. The molecule has 16 heavy (non-hydrogen) atoms. The number of rotatable bonds is 3. The Bertz CT molecular complexity index is 499. The van der Waals surface area contributed by atoms with Crippen molar-refractivity contribution in [2.75, 3.05) is 30.0 Å². The van der Waals surface area contributed by atoms with Crippen LogP contribution in [0.5, 0.6) is 0 Å². The first-order chi connectivity index (χ1) is 7.46. The predicted molar refractivity (Wildman–Crippen MR) is 69.8 cm³/mol. The Morgan fingerprint density at radius 3 is 2.88 bits per heavy atom. The molecule has 0 atom stereocenters. The Kier molecular flexibility index (Phi) is 3.26. The summed E-state index contributed by atoms with van der Waals surface area (Å²) in [6.07, 6.45) is 2.28. The van der Waals surface area contributed by atoms with Gasteiger partial charge < -0.3 is 4.90 Å². The van der Waals surface area contributed by atoms with Crippen LogP contribution in [0, 0.1) is 0 Å². The van der Waals surface area contributed by atoms with E-state index in [0.29, 0.717) is 6.54 Å². The van der Waals surface area contributed by atoms with Gasteiger partial charge in [-0.15, -0.1) is 0 Å². The summed E-state index contributed by atoms with van der Waals surface area (Å²) in [5, 5.41) is 0. The highest BCUT2D eigenvalue weighted by molar-refractivity contribution is 9.10. The summed E-state index contributed by atoms with van der Waals surface area (Å²) >= 11 is 3.44. The van der Waals surface area contributed by atoms with E-state index in [-0.39, 0.29) is 5.75 Å². The highest BCUT2D eigenvalue weighted by atomic mass is 79.9. The van der Waals surface area contributed by atoms with Crippen molar-refractivity contribution in [1.29, 1.82) is 0 Å². The van der Waals surface area contributed by atoms with Crippen LogP contribution in [0.25, 0.3) is 0 Å². The van der Waals surface area contributed by atoms with Crippen LogP contribution >= 0.6 is 15.9 Å². The number of fused-ring (bicyclic) bond motifs is 1. The van der Waals surface area contributed by atoms with Gasteiger partial charge >= 0.3 is 0 Å². The van der Waals surface area contributed by atoms with Crippen molar-refractivity contribution in [3.63, 3.8) is 0 Å². The van der Waals surface area contributed by atoms with E-state index in [2.05, 4.69) is 33.0 Å². The molecule has 3 nitrogen and oxygen atoms in total. The molecule has 0 amide bonds. The van der Waals surface area contributed by atoms with E-state index in [1.54, 1.807) is 0 Å². The third-order valence-electron chi connectivity index (χ3n) is 2.77. The molecule has 1 aliphatic heterocycles. The number of anilines is 1. The van der Waals surface area contributed by atoms with Crippen molar-refractivity contribution >= 4 is 31.5 Å². The van der Waals surface area contributed by atoms with Crippen LogP contribution in [-0.2, 0) is 16.3 Å².